The van der Waals surface area contributed by atoms with E-state index in [2.05, 4.69) is 5.32 Å². The number of nitrogens with one attached hydrogen (secondary N) is 1. The van der Waals surface area contributed by atoms with Crippen LogP contribution >= 0.6 is 23.8 Å². The molecule has 1 fully saturated rings. The molecule has 1 N–H and O–H groups in total. The lowest BCUT2D eigenvalue weighted by Gasteiger charge is -2.35. The van der Waals surface area contributed by atoms with Crippen LogP contribution in [0.25, 0.3) is 0 Å². The quantitative estimate of drug-likeness (QED) is 0.404. The van der Waals surface area contributed by atoms with Gasteiger partial charge < -0.3 is 15.0 Å². The summed E-state index contributed by atoms with van der Waals surface area (Å²) in [6, 6.07) is 10.2. The van der Waals surface area contributed by atoms with Gasteiger partial charge in [-0.1, -0.05) is 11.6 Å². The number of methoxy groups -OCH3 is 1. The van der Waals surface area contributed by atoms with E-state index in [1.54, 1.807) is 12.1 Å². The molecule has 0 bridgehead atoms. The van der Waals surface area contributed by atoms with E-state index in [9.17, 15) is 18.5 Å². The number of nitrogens with zero attached hydrogens (tertiary/aromatic N) is 3. The molecule has 1 heterocycles. The van der Waals surface area contributed by atoms with Gasteiger partial charge >= 0.3 is 0 Å². The maximum atomic E-state index is 12.8. The standard InChI is InChI=1S/C18H19ClN4O5S2/c1-28-17-12-14(23(24)25)4-7-16(17)20-18(29)21-8-10-22(11-9-21)30(26,27)15-5-2-13(19)3-6-15/h2-7,12H,8-11H2,1H3,(H,20,29). The van der Waals surface area contributed by atoms with Crippen molar-refractivity contribution in [3.63, 3.8) is 0 Å². The minimum Gasteiger partial charge on any atom is -0.494 e. The molecule has 1 aliphatic heterocycles. The summed E-state index contributed by atoms with van der Waals surface area (Å²) in [4.78, 5) is 12.4. The number of halogens is 1. The van der Waals surface area contributed by atoms with Gasteiger partial charge in [-0.15, -0.1) is 0 Å². The zero-order chi connectivity index (χ0) is 21.9. The van der Waals surface area contributed by atoms with Crippen LogP contribution in [-0.2, 0) is 10.0 Å². The van der Waals surface area contributed by atoms with Crippen molar-refractivity contribution in [2.24, 2.45) is 0 Å². The van der Waals surface area contributed by atoms with Gasteiger partial charge in [0.15, 0.2) is 5.11 Å². The van der Waals surface area contributed by atoms with Crippen LogP contribution in [0.2, 0.25) is 5.02 Å². The fourth-order valence-electron chi connectivity index (χ4n) is 2.98. The van der Waals surface area contributed by atoms with E-state index in [0.29, 0.717) is 28.9 Å². The first-order chi connectivity index (χ1) is 14.2. The van der Waals surface area contributed by atoms with Crippen LogP contribution in [0.5, 0.6) is 5.75 Å². The largest absolute Gasteiger partial charge is 0.494 e. The van der Waals surface area contributed by atoms with E-state index in [1.165, 1.54) is 41.7 Å². The summed E-state index contributed by atoms with van der Waals surface area (Å²) >= 11 is 11.3. The van der Waals surface area contributed by atoms with Crippen LogP contribution in [-0.4, -0.2) is 60.9 Å². The molecule has 0 radical (unpaired) electrons. The summed E-state index contributed by atoms with van der Waals surface area (Å²) in [6.45, 7) is 1.33. The number of hydrogen-bond donors (Lipinski definition) is 1. The predicted molar refractivity (Wildman–Crippen MR) is 118 cm³/mol. The molecule has 0 spiro atoms. The molecule has 1 aliphatic rings. The Morgan fingerprint density at radius 3 is 2.37 bits per heavy atom. The van der Waals surface area contributed by atoms with Crippen molar-refractivity contribution in [1.29, 1.82) is 0 Å². The molecular formula is C18H19ClN4O5S2. The second-order valence-electron chi connectivity index (χ2n) is 6.42. The zero-order valence-corrected chi connectivity index (χ0v) is 18.3. The molecule has 0 saturated carbocycles. The van der Waals surface area contributed by atoms with Crippen molar-refractivity contribution in [3.05, 3.63) is 57.6 Å². The molecule has 160 valence electrons. The first kappa shape index (κ1) is 22.2. The van der Waals surface area contributed by atoms with Gasteiger partial charge in [-0.3, -0.25) is 10.1 Å². The third kappa shape index (κ3) is 4.81. The molecule has 0 aliphatic carbocycles. The van der Waals surface area contributed by atoms with Crippen LogP contribution in [0.3, 0.4) is 0 Å². The number of piperazine rings is 1. The van der Waals surface area contributed by atoms with E-state index >= 15 is 0 Å². The fraction of sp³-hybridized carbons (Fsp3) is 0.278. The Morgan fingerprint density at radius 2 is 1.80 bits per heavy atom. The monoisotopic (exact) mass is 470 g/mol. The van der Waals surface area contributed by atoms with Crippen molar-refractivity contribution < 1.29 is 18.1 Å². The van der Waals surface area contributed by atoms with Gasteiger partial charge in [-0.05, 0) is 42.5 Å². The third-order valence-electron chi connectivity index (χ3n) is 4.61. The summed E-state index contributed by atoms with van der Waals surface area (Å²) in [5, 5.41) is 14.8. The minimum absolute atomic E-state index is 0.0932. The van der Waals surface area contributed by atoms with Gasteiger partial charge in [-0.25, -0.2) is 8.42 Å². The molecule has 2 aromatic rings. The topological polar surface area (TPSA) is 105 Å². The number of rotatable bonds is 5. The zero-order valence-electron chi connectivity index (χ0n) is 15.9. The van der Waals surface area contributed by atoms with E-state index in [4.69, 9.17) is 28.6 Å². The second kappa shape index (κ2) is 9.13. The number of nitro groups is 1. The van der Waals surface area contributed by atoms with E-state index in [0.717, 1.165) is 0 Å². The highest BCUT2D eigenvalue weighted by molar-refractivity contribution is 7.89. The molecule has 0 atom stereocenters. The predicted octanol–water partition coefficient (Wildman–Crippen LogP) is 2.96. The molecule has 2 aromatic carbocycles. The van der Waals surface area contributed by atoms with Gasteiger partial charge in [0.05, 0.1) is 28.7 Å². The smallest absolute Gasteiger partial charge is 0.273 e. The molecule has 1 saturated heterocycles. The van der Waals surface area contributed by atoms with Crippen LogP contribution in [0, 0.1) is 10.1 Å². The minimum atomic E-state index is -3.61. The molecule has 0 unspecified atom stereocenters. The Morgan fingerprint density at radius 1 is 1.17 bits per heavy atom. The van der Waals surface area contributed by atoms with Gasteiger partial charge in [0.2, 0.25) is 10.0 Å². The maximum Gasteiger partial charge on any atom is 0.273 e. The van der Waals surface area contributed by atoms with Crippen molar-refractivity contribution in [1.82, 2.24) is 9.21 Å². The van der Waals surface area contributed by atoms with E-state index in [1.807, 2.05) is 4.90 Å². The summed E-state index contributed by atoms with van der Waals surface area (Å²) in [5.41, 5.74) is 0.397. The molecule has 9 nitrogen and oxygen atoms in total. The van der Waals surface area contributed by atoms with Crippen LogP contribution in [0.4, 0.5) is 11.4 Å². The molecular weight excluding hydrogens is 452 g/mol. The normalized spacial score (nSPS) is 14.9. The lowest BCUT2D eigenvalue weighted by molar-refractivity contribution is -0.384. The Labute approximate surface area is 184 Å². The number of nitro benzene ring substituents is 1. The Balaban J connectivity index is 1.64. The molecule has 30 heavy (non-hydrogen) atoms. The number of anilines is 1. The number of sulfonamides is 1. The average Bonchev–Trinajstić information content (AvgIpc) is 2.74. The highest BCUT2D eigenvalue weighted by Crippen LogP contribution is 2.29. The average molecular weight is 471 g/mol. The molecule has 12 heteroatoms. The summed E-state index contributed by atoms with van der Waals surface area (Å²) in [6.07, 6.45) is 0. The summed E-state index contributed by atoms with van der Waals surface area (Å²) in [7, 11) is -2.20. The van der Waals surface area contributed by atoms with Gasteiger partial charge in [0.25, 0.3) is 5.69 Å². The molecule has 3 rings (SSSR count). The van der Waals surface area contributed by atoms with Gasteiger partial charge in [0, 0.05) is 37.3 Å². The lowest BCUT2D eigenvalue weighted by Crippen LogP contribution is -2.51. The van der Waals surface area contributed by atoms with Crippen molar-refractivity contribution in [2.75, 3.05) is 38.6 Å². The van der Waals surface area contributed by atoms with Gasteiger partial charge in [0.1, 0.15) is 5.75 Å². The maximum absolute atomic E-state index is 12.8. The van der Waals surface area contributed by atoms with Crippen LogP contribution in [0.15, 0.2) is 47.4 Å². The number of ether oxygens (including phenoxy) is 1. The molecule has 0 aromatic heterocycles. The first-order valence-corrected chi connectivity index (χ1v) is 11.1. The highest BCUT2D eigenvalue weighted by Gasteiger charge is 2.29. The fourth-order valence-corrected chi connectivity index (χ4v) is 4.82. The van der Waals surface area contributed by atoms with Crippen molar-refractivity contribution in [3.8, 4) is 5.75 Å². The Bertz CT molecular complexity index is 1050. The molecule has 0 amide bonds. The van der Waals surface area contributed by atoms with E-state index in [-0.39, 0.29) is 29.4 Å². The number of benzene rings is 2. The SMILES string of the molecule is COc1cc([N+](=O)[O-])ccc1NC(=S)N1CCN(S(=O)(=O)c2ccc(Cl)cc2)CC1. The number of thiocarbonyl (C=S) groups is 1. The number of non-ortho nitro benzene ring substituents is 1. The Hall–Kier alpha value is -2.47. The van der Waals surface area contributed by atoms with E-state index < -0.39 is 14.9 Å². The number of hydrogen-bond acceptors (Lipinski definition) is 6. The first-order valence-electron chi connectivity index (χ1n) is 8.86. The highest BCUT2D eigenvalue weighted by atomic mass is 35.5. The van der Waals surface area contributed by atoms with Crippen molar-refractivity contribution >= 4 is 50.3 Å². The lowest BCUT2D eigenvalue weighted by atomic mass is 10.2. The Kier molecular flexibility index (Phi) is 6.76. The van der Waals surface area contributed by atoms with Crippen LogP contribution < -0.4 is 10.1 Å². The van der Waals surface area contributed by atoms with Crippen molar-refractivity contribution in [2.45, 2.75) is 4.90 Å². The third-order valence-corrected chi connectivity index (χ3v) is 7.14. The summed E-state index contributed by atoms with van der Waals surface area (Å²) < 4.78 is 32.2. The second-order valence-corrected chi connectivity index (χ2v) is 9.18. The van der Waals surface area contributed by atoms with Crippen LogP contribution in [0.1, 0.15) is 0 Å². The summed E-state index contributed by atoms with van der Waals surface area (Å²) in [5.74, 6) is 0.288. The van der Waals surface area contributed by atoms with Gasteiger partial charge in [-0.2, -0.15) is 4.31 Å².